The number of hydrogen-bond acceptors (Lipinski definition) is 3. The number of halogens is 2. The third kappa shape index (κ3) is 5.03. The zero-order valence-electron chi connectivity index (χ0n) is 18.3. The summed E-state index contributed by atoms with van der Waals surface area (Å²) >= 11 is 0. The van der Waals surface area contributed by atoms with Crippen molar-refractivity contribution in [2.45, 2.75) is 31.7 Å². The van der Waals surface area contributed by atoms with Gasteiger partial charge in [0.15, 0.2) is 0 Å². The average Bonchev–Trinajstić information content (AvgIpc) is 3.20. The maximum atomic E-state index is 13.5. The van der Waals surface area contributed by atoms with Gasteiger partial charge in [0, 0.05) is 29.8 Å². The van der Waals surface area contributed by atoms with Gasteiger partial charge < -0.3 is 15.4 Å². The lowest BCUT2D eigenvalue weighted by atomic mass is 9.97. The van der Waals surface area contributed by atoms with Crippen molar-refractivity contribution in [2.75, 3.05) is 12.4 Å². The lowest BCUT2D eigenvalue weighted by Crippen LogP contribution is -2.35. The zero-order chi connectivity index (χ0) is 23.6. The molecule has 0 aromatic heterocycles. The van der Waals surface area contributed by atoms with Crippen LogP contribution in [0.25, 0.3) is 11.1 Å². The highest BCUT2D eigenvalue weighted by Crippen LogP contribution is 2.31. The Morgan fingerprint density at radius 2 is 1.67 bits per heavy atom. The highest BCUT2D eigenvalue weighted by molar-refractivity contribution is 6.08. The molecule has 7 heteroatoms. The Bertz CT molecular complexity index is 1190. The Morgan fingerprint density at radius 1 is 0.970 bits per heavy atom. The van der Waals surface area contributed by atoms with Gasteiger partial charge in [0.05, 0.1) is 7.11 Å². The van der Waals surface area contributed by atoms with Crippen molar-refractivity contribution in [2.24, 2.45) is 0 Å². The molecule has 2 N–H and O–H groups in total. The number of alkyl carbamates (subject to hydrolysis) is 1. The molecule has 1 atom stereocenters. The molecule has 0 fully saturated rings. The monoisotopic (exact) mass is 450 g/mol. The number of anilines is 1. The average molecular weight is 450 g/mol. The minimum absolute atomic E-state index is 0.0439. The summed E-state index contributed by atoms with van der Waals surface area (Å²) in [7, 11) is 1.33. The van der Waals surface area contributed by atoms with Crippen LogP contribution < -0.4 is 10.6 Å². The molecule has 3 aromatic rings. The zero-order valence-corrected chi connectivity index (χ0v) is 18.3. The van der Waals surface area contributed by atoms with Gasteiger partial charge in [0.1, 0.15) is 0 Å². The summed E-state index contributed by atoms with van der Waals surface area (Å²) in [5, 5.41) is 5.73. The molecule has 0 saturated carbocycles. The third-order valence-electron chi connectivity index (χ3n) is 5.78. The van der Waals surface area contributed by atoms with Crippen LogP contribution in [0, 0.1) is 0 Å². The summed E-state index contributed by atoms with van der Waals surface area (Å²) < 4.78 is 31.8. The number of nitrogens with one attached hydrogen (secondary N) is 2. The second-order valence-corrected chi connectivity index (χ2v) is 8.19. The molecule has 0 spiro atoms. The highest BCUT2D eigenvalue weighted by Gasteiger charge is 2.25. The number of ether oxygens (including phenoxy) is 1. The molecule has 0 aliphatic heterocycles. The van der Waals surface area contributed by atoms with E-state index in [2.05, 4.69) is 15.4 Å². The fraction of sp³-hybridized carbons (Fsp3) is 0.231. The number of fused-ring (bicyclic) bond motifs is 1. The van der Waals surface area contributed by atoms with Crippen molar-refractivity contribution < 1.29 is 23.1 Å². The number of benzene rings is 3. The van der Waals surface area contributed by atoms with Crippen molar-refractivity contribution >= 4 is 17.7 Å². The van der Waals surface area contributed by atoms with Crippen LogP contribution in [0.2, 0.25) is 0 Å². The van der Waals surface area contributed by atoms with Crippen LogP contribution in [0.5, 0.6) is 0 Å². The van der Waals surface area contributed by atoms with Crippen molar-refractivity contribution in [3.63, 3.8) is 0 Å². The molecule has 3 aromatic carbocycles. The van der Waals surface area contributed by atoms with Gasteiger partial charge in [-0.05, 0) is 53.3 Å². The molecule has 0 radical (unpaired) electrons. The molecule has 0 saturated heterocycles. The van der Waals surface area contributed by atoms with Crippen LogP contribution >= 0.6 is 0 Å². The Labute approximate surface area is 190 Å². The minimum Gasteiger partial charge on any atom is -0.453 e. The Hall–Kier alpha value is -3.74. The predicted molar refractivity (Wildman–Crippen MR) is 123 cm³/mol. The number of rotatable bonds is 5. The van der Waals surface area contributed by atoms with Gasteiger partial charge in [-0.25, -0.2) is 13.6 Å². The molecule has 1 aliphatic carbocycles. The van der Waals surface area contributed by atoms with E-state index in [1.54, 1.807) is 36.4 Å². The topological polar surface area (TPSA) is 67.4 Å². The van der Waals surface area contributed by atoms with Crippen molar-refractivity contribution in [1.29, 1.82) is 0 Å². The van der Waals surface area contributed by atoms with Gasteiger partial charge in [-0.15, -0.1) is 0 Å². The second kappa shape index (κ2) is 9.02. The molecule has 4 rings (SSSR count). The van der Waals surface area contributed by atoms with Gasteiger partial charge in [-0.2, -0.15) is 0 Å². The van der Waals surface area contributed by atoms with Crippen LogP contribution in [0.4, 0.5) is 19.3 Å². The molecule has 2 amide bonds. The molecule has 0 bridgehead atoms. The fourth-order valence-electron chi connectivity index (χ4n) is 4.10. The van der Waals surface area contributed by atoms with E-state index in [0.29, 0.717) is 35.2 Å². The molecule has 1 aliphatic rings. The summed E-state index contributed by atoms with van der Waals surface area (Å²) in [4.78, 5) is 24.6. The van der Waals surface area contributed by atoms with E-state index >= 15 is 0 Å². The van der Waals surface area contributed by atoms with Gasteiger partial charge >= 0.3 is 6.09 Å². The maximum Gasteiger partial charge on any atom is 0.407 e. The van der Waals surface area contributed by atoms with E-state index in [0.717, 1.165) is 18.1 Å². The van der Waals surface area contributed by atoms with Crippen LogP contribution in [-0.2, 0) is 23.5 Å². The number of alkyl halides is 2. The van der Waals surface area contributed by atoms with Gasteiger partial charge in [0.25, 0.3) is 11.8 Å². The number of hydrogen-bond donors (Lipinski definition) is 2. The minimum atomic E-state index is -2.92. The quantitative estimate of drug-likeness (QED) is 0.536. The third-order valence-corrected chi connectivity index (χ3v) is 5.78. The SMILES string of the molecule is COC(=O)N[C@H]1Cc2ccc(NC(=O)c3ccccc3-c3ccc(C(C)(F)F)cc3)cc2C1. The normalized spacial score (nSPS) is 15.0. The van der Waals surface area contributed by atoms with Crippen molar-refractivity contribution in [1.82, 2.24) is 5.32 Å². The molecule has 0 heterocycles. The molecule has 5 nitrogen and oxygen atoms in total. The highest BCUT2D eigenvalue weighted by atomic mass is 19.3. The van der Waals surface area contributed by atoms with Crippen molar-refractivity contribution in [3.8, 4) is 11.1 Å². The molecule has 170 valence electrons. The van der Waals surface area contributed by atoms with E-state index < -0.39 is 12.0 Å². The first-order valence-corrected chi connectivity index (χ1v) is 10.6. The maximum absolute atomic E-state index is 13.5. The molecular weight excluding hydrogens is 426 g/mol. The first-order valence-electron chi connectivity index (χ1n) is 10.6. The van der Waals surface area contributed by atoms with Gasteiger partial charge in [0.2, 0.25) is 0 Å². The summed E-state index contributed by atoms with van der Waals surface area (Å²) in [5.74, 6) is -3.22. The van der Waals surface area contributed by atoms with Crippen LogP contribution in [0.15, 0.2) is 66.7 Å². The first-order chi connectivity index (χ1) is 15.7. The Kier molecular flexibility index (Phi) is 6.14. The fourth-order valence-corrected chi connectivity index (χ4v) is 4.10. The van der Waals surface area contributed by atoms with E-state index in [-0.39, 0.29) is 17.5 Å². The smallest absolute Gasteiger partial charge is 0.407 e. The first kappa shape index (κ1) is 22.5. The molecule has 0 unspecified atom stereocenters. The lowest BCUT2D eigenvalue weighted by Gasteiger charge is -2.14. The summed E-state index contributed by atoms with van der Waals surface area (Å²) in [6.07, 6.45) is 0.890. The lowest BCUT2D eigenvalue weighted by molar-refractivity contribution is 0.0175. The van der Waals surface area contributed by atoms with Crippen molar-refractivity contribution in [3.05, 3.63) is 89.0 Å². The van der Waals surface area contributed by atoms with E-state index in [9.17, 15) is 18.4 Å². The largest absolute Gasteiger partial charge is 0.453 e. The number of carbonyl (C=O) groups excluding carboxylic acids is 2. The Balaban J connectivity index is 1.52. The van der Waals surface area contributed by atoms with Crippen LogP contribution in [0.3, 0.4) is 0 Å². The number of amides is 2. The van der Waals surface area contributed by atoms with E-state index in [1.807, 2.05) is 18.2 Å². The Morgan fingerprint density at radius 3 is 2.36 bits per heavy atom. The summed E-state index contributed by atoms with van der Waals surface area (Å²) in [5.41, 5.74) is 4.52. The standard InChI is InChI=1S/C26H24F2N2O3/c1-26(27,28)19-10-7-16(8-11-19)22-5-3-4-6-23(22)24(31)29-20-12-9-17-13-21(15-18(17)14-20)30-25(32)33-2/h3-12,14,21H,13,15H2,1-2H3,(H,29,31)(H,30,32)/t21-/m0/s1. The van der Waals surface area contributed by atoms with E-state index in [4.69, 9.17) is 0 Å². The van der Waals surface area contributed by atoms with Crippen LogP contribution in [0.1, 0.15) is 34.0 Å². The number of methoxy groups -OCH3 is 1. The van der Waals surface area contributed by atoms with E-state index in [1.165, 1.54) is 19.2 Å². The summed E-state index contributed by atoms with van der Waals surface area (Å²) in [6, 6.07) is 18.7. The molecule has 33 heavy (non-hydrogen) atoms. The molecular formula is C26H24F2N2O3. The van der Waals surface area contributed by atoms with Crippen LogP contribution in [-0.4, -0.2) is 25.2 Å². The predicted octanol–water partition coefficient (Wildman–Crippen LogP) is 5.54. The number of carbonyl (C=O) groups is 2. The second-order valence-electron chi connectivity index (χ2n) is 8.19. The van der Waals surface area contributed by atoms with Gasteiger partial charge in [-0.3, -0.25) is 4.79 Å². The summed E-state index contributed by atoms with van der Waals surface area (Å²) in [6.45, 7) is 0.855. The van der Waals surface area contributed by atoms with Gasteiger partial charge in [-0.1, -0.05) is 48.5 Å².